The molecular formula is C5H7F4NS. The van der Waals surface area contributed by atoms with Gasteiger partial charge < -0.3 is 0 Å². The summed E-state index contributed by atoms with van der Waals surface area (Å²) in [5, 5.41) is 0. The Morgan fingerprint density at radius 2 is 1.45 bits per heavy atom. The molecular weight excluding hydrogens is 182 g/mol. The van der Waals surface area contributed by atoms with Gasteiger partial charge in [-0.1, -0.05) is 11.9 Å². The van der Waals surface area contributed by atoms with Crippen LogP contribution in [0, 0.1) is 0 Å². The Labute approximate surface area is 65.9 Å². The molecule has 0 unspecified atom stereocenters. The van der Waals surface area contributed by atoms with Gasteiger partial charge in [-0.05, 0) is 6.26 Å². The maximum absolute atomic E-state index is 12.4. The number of hydrogen-bond acceptors (Lipinski definition) is 2. The molecule has 0 amide bonds. The Morgan fingerprint density at radius 1 is 1.09 bits per heavy atom. The van der Waals surface area contributed by atoms with Crippen LogP contribution in [0.4, 0.5) is 17.6 Å². The Bertz CT molecular complexity index is 145. The first-order valence-corrected chi connectivity index (χ1v) is 4.12. The van der Waals surface area contributed by atoms with Gasteiger partial charge in [0.2, 0.25) is 0 Å². The fraction of sp³-hybridized carbons (Fsp3) is 1.00. The molecule has 1 aliphatic rings. The Morgan fingerprint density at radius 3 is 1.64 bits per heavy atom. The highest BCUT2D eigenvalue weighted by Gasteiger charge is 2.62. The van der Waals surface area contributed by atoms with Crippen LogP contribution in [0.3, 0.4) is 0 Å². The van der Waals surface area contributed by atoms with E-state index in [-0.39, 0.29) is 0 Å². The molecule has 0 spiro atoms. The first-order chi connectivity index (χ1) is 4.89. The van der Waals surface area contributed by atoms with E-state index in [1.165, 1.54) is 6.26 Å². The van der Waals surface area contributed by atoms with Gasteiger partial charge in [0, 0.05) is 0 Å². The molecule has 0 radical (unpaired) electrons. The van der Waals surface area contributed by atoms with Crippen molar-refractivity contribution in [2.45, 2.75) is 11.8 Å². The molecule has 0 atom stereocenters. The van der Waals surface area contributed by atoms with Crippen molar-refractivity contribution in [3.8, 4) is 0 Å². The zero-order valence-corrected chi connectivity index (χ0v) is 6.60. The van der Waals surface area contributed by atoms with Gasteiger partial charge in [0.1, 0.15) is 0 Å². The molecule has 0 aromatic carbocycles. The number of halogens is 4. The molecule has 0 N–H and O–H groups in total. The Kier molecular flexibility index (Phi) is 2.09. The summed E-state index contributed by atoms with van der Waals surface area (Å²) in [5.74, 6) is -7.73. The van der Waals surface area contributed by atoms with Crippen LogP contribution in [0.5, 0.6) is 0 Å². The number of hydrogen-bond donors (Lipinski definition) is 0. The zero-order chi connectivity index (χ0) is 8.70. The van der Waals surface area contributed by atoms with Gasteiger partial charge in [0.15, 0.2) is 0 Å². The van der Waals surface area contributed by atoms with E-state index in [0.717, 1.165) is 16.3 Å². The standard InChI is InChI=1S/C5H7F4NS/c1-11-10-2-4(6,7)5(8,9)3-10/h2-3H2,1H3. The van der Waals surface area contributed by atoms with Crippen LogP contribution in [0.25, 0.3) is 0 Å². The average Bonchev–Trinajstić information content (AvgIpc) is 2.03. The second-order valence-electron chi connectivity index (χ2n) is 2.39. The molecule has 0 aromatic rings. The van der Waals surface area contributed by atoms with Crippen LogP contribution in [0.2, 0.25) is 0 Å². The summed E-state index contributed by atoms with van der Waals surface area (Å²) in [5.41, 5.74) is 0. The summed E-state index contributed by atoms with van der Waals surface area (Å²) >= 11 is 0.910. The lowest BCUT2D eigenvalue weighted by Gasteiger charge is -2.15. The van der Waals surface area contributed by atoms with Crippen LogP contribution in [-0.4, -0.2) is 35.5 Å². The molecule has 1 nitrogen and oxygen atoms in total. The molecule has 1 fully saturated rings. The first kappa shape index (κ1) is 9.12. The smallest absolute Gasteiger partial charge is 0.238 e. The number of rotatable bonds is 1. The highest BCUT2D eigenvalue weighted by Crippen LogP contribution is 2.42. The molecule has 11 heavy (non-hydrogen) atoms. The second kappa shape index (κ2) is 2.52. The van der Waals surface area contributed by atoms with E-state index in [1.54, 1.807) is 0 Å². The molecule has 1 saturated heterocycles. The van der Waals surface area contributed by atoms with Crippen LogP contribution < -0.4 is 0 Å². The van der Waals surface area contributed by atoms with Crippen LogP contribution in [0.1, 0.15) is 0 Å². The molecule has 66 valence electrons. The maximum atomic E-state index is 12.4. The van der Waals surface area contributed by atoms with Gasteiger partial charge >= 0.3 is 11.8 Å². The van der Waals surface area contributed by atoms with E-state index in [4.69, 9.17) is 0 Å². The lowest BCUT2D eigenvalue weighted by atomic mass is 10.2. The Balaban J connectivity index is 2.72. The molecule has 0 saturated carbocycles. The van der Waals surface area contributed by atoms with Crippen molar-refractivity contribution in [3.63, 3.8) is 0 Å². The molecule has 1 aliphatic heterocycles. The SMILES string of the molecule is CSN1CC(F)(F)C(F)(F)C1. The lowest BCUT2D eigenvalue weighted by Crippen LogP contribution is -2.38. The third-order valence-corrected chi connectivity index (χ3v) is 2.32. The minimum absolute atomic E-state index is 0.860. The summed E-state index contributed by atoms with van der Waals surface area (Å²) < 4.78 is 50.4. The minimum atomic E-state index is -3.87. The van der Waals surface area contributed by atoms with Gasteiger partial charge in [-0.2, -0.15) is 17.6 Å². The van der Waals surface area contributed by atoms with E-state index >= 15 is 0 Å². The maximum Gasteiger partial charge on any atom is 0.324 e. The molecule has 6 heteroatoms. The zero-order valence-electron chi connectivity index (χ0n) is 5.78. The van der Waals surface area contributed by atoms with E-state index < -0.39 is 24.9 Å². The monoisotopic (exact) mass is 189 g/mol. The molecule has 0 aliphatic carbocycles. The lowest BCUT2D eigenvalue weighted by molar-refractivity contribution is -0.172. The summed E-state index contributed by atoms with van der Waals surface area (Å²) in [6, 6.07) is 0. The fourth-order valence-electron chi connectivity index (χ4n) is 0.859. The van der Waals surface area contributed by atoms with Gasteiger partial charge in [-0.25, -0.2) is 4.31 Å². The van der Waals surface area contributed by atoms with Crippen LogP contribution in [-0.2, 0) is 0 Å². The summed E-state index contributed by atoms with van der Waals surface area (Å²) in [6.45, 7) is -1.72. The van der Waals surface area contributed by atoms with Crippen LogP contribution in [0.15, 0.2) is 0 Å². The fourth-order valence-corrected chi connectivity index (χ4v) is 1.44. The average molecular weight is 189 g/mol. The summed E-state index contributed by atoms with van der Waals surface area (Å²) in [4.78, 5) is 0. The van der Waals surface area contributed by atoms with E-state index in [0.29, 0.717) is 0 Å². The second-order valence-corrected chi connectivity index (χ2v) is 3.27. The van der Waals surface area contributed by atoms with Gasteiger partial charge in [0.05, 0.1) is 13.1 Å². The van der Waals surface area contributed by atoms with Crippen molar-refractivity contribution in [1.82, 2.24) is 4.31 Å². The minimum Gasteiger partial charge on any atom is -0.238 e. The predicted molar refractivity (Wildman–Crippen MR) is 35.0 cm³/mol. The van der Waals surface area contributed by atoms with E-state index in [9.17, 15) is 17.6 Å². The van der Waals surface area contributed by atoms with Crippen molar-refractivity contribution in [2.24, 2.45) is 0 Å². The summed E-state index contributed by atoms with van der Waals surface area (Å²) in [7, 11) is 0. The van der Waals surface area contributed by atoms with Crippen molar-refractivity contribution in [1.29, 1.82) is 0 Å². The topological polar surface area (TPSA) is 3.24 Å². The van der Waals surface area contributed by atoms with Crippen molar-refractivity contribution in [2.75, 3.05) is 19.3 Å². The van der Waals surface area contributed by atoms with Crippen LogP contribution >= 0.6 is 11.9 Å². The van der Waals surface area contributed by atoms with Gasteiger partial charge in [0.25, 0.3) is 0 Å². The number of alkyl halides is 4. The third-order valence-electron chi connectivity index (χ3n) is 1.54. The quantitative estimate of drug-likeness (QED) is 0.457. The van der Waals surface area contributed by atoms with Crippen molar-refractivity contribution >= 4 is 11.9 Å². The highest BCUT2D eigenvalue weighted by molar-refractivity contribution is 7.96. The van der Waals surface area contributed by atoms with Gasteiger partial charge in [-0.3, -0.25) is 0 Å². The normalized spacial score (nSPS) is 29.2. The molecule has 1 rings (SSSR count). The van der Waals surface area contributed by atoms with E-state index in [2.05, 4.69) is 0 Å². The molecule has 1 heterocycles. The molecule has 0 aromatic heterocycles. The number of nitrogens with zero attached hydrogens (tertiary/aromatic N) is 1. The third kappa shape index (κ3) is 1.46. The predicted octanol–water partition coefficient (Wildman–Crippen LogP) is 1.85. The van der Waals surface area contributed by atoms with Crippen molar-refractivity contribution in [3.05, 3.63) is 0 Å². The van der Waals surface area contributed by atoms with E-state index in [1.807, 2.05) is 0 Å². The highest BCUT2D eigenvalue weighted by atomic mass is 32.2. The first-order valence-electron chi connectivity index (χ1n) is 2.94. The summed E-state index contributed by atoms with van der Waals surface area (Å²) in [6.07, 6.45) is 1.50. The largest absolute Gasteiger partial charge is 0.324 e. The van der Waals surface area contributed by atoms with Gasteiger partial charge in [-0.15, -0.1) is 0 Å². The van der Waals surface area contributed by atoms with Crippen molar-refractivity contribution < 1.29 is 17.6 Å². The molecule has 0 bridgehead atoms. The Hall–Kier alpha value is 0.0300.